The Kier molecular flexibility index (Phi) is 6.70. The van der Waals surface area contributed by atoms with Gasteiger partial charge in [0.15, 0.2) is 4.34 Å². The number of thioether (sulfide) groups is 1. The van der Waals surface area contributed by atoms with Gasteiger partial charge in [0.1, 0.15) is 0 Å². The molecule has 1 aromatic carbocycles. The monoisotopic (exact) mass is 429 g/mol. The quantitative estimate of drug-likeness (QED) is 0.285. The summed E-state index contributed by atoms with van der Waals surface area (Å²) in [5.41, 5.74) is 0.416. The molecule has 0 fully saturated rings. The molecule has 1 amide bonds. The highest BCUT2D eigenvalue weighted by Gasteiger charge is 2.12. The van der Waals surface area contributed by atoms with Gasteiger partial charge in [-0.2, -0.15) is 0 Å². The first-order chi connectivity index (χ1) is 11.5. The molecular weight excluding hydrogens is 418 g/mol. The molecule has 0 aliphatic carbocycles. The fraction of sp³-hybridized carbons (Fsp3) is 0.154. The van der Waals surface area contributed by atoms with Gasteiger partial charge in [-0.05, 0) is 22.0 Å². The van der Waals surface area contributed by atoms with Crippen LogP contribution in [0.1, 0.15) is 0 Å². The summed E-state index contributed by atoms with van der Waals surface area (Å²) in [6.07, 6.45) is 1.71. The molecule has 2 rings (SSSR count). The van der Waals surface area contributed by atoms with E-state index in [0.29, 0.717) is 26.2 Å². The number of nitro groups is 1. The Morgan fingerprint density at radius 2 is 2.29 bits per heavy atom. The highest BCUT2D eigenvalue weighted by molar-refractivity contribution is 9.10. The minimum atomic E-state index is -0.500. The van der Waals surface area contributed by atoms with Gasteiger partial charge in [0.05, 0.1) is 16.4 Å². The number of anilines is 2. The lowest BCUT2D eigenvalue weighted by Crippen LogP contribution is -2.14. The first-order valence-electron chi connectivity index (χ1n) is 6.54. The van der Waals surface area contributed by atoms with Gasteiger partial charge in [0.25, 0.3) is 5.69 Å². The second kappa shape index (κ2) is 8.76. The second-order valence-electron chi connectivity index (χ2n) is 4.30. The number of halogens is 1. The number of nitro benzene ring substituents is 1. The summed E-state index contributed by atoms with van der Waals surface area (Å²) < 4.78 is 1.11. The summed E-state index contributed by atoms with van der Waals surface area (Å²) in [6, 6.07) is 4.15. The highest BCUT2D eigenvalue weighted by Crippen LogP contribution is 2.28. The van der Waals surface area contributed by atoms with Crippen LogP contribution in [-0.2, 0) is 4.79 Å². The lowest BCUT2D eigenvalue weighted by atomic mass is 10.3. The Morgan fingerprint density at radius 3 is 2.96 bits per heavy atom. The molecule has 24 heavy (non-hydrogen) atoms. The number of hydrogen-bond acceptors (Lipinski definition) is 8. The Bertz CT molecular complexity index is 768. The molecule has 0 aliphatic rings. The molecule has 0 unspecified atom stereocenters. The molecule has 0 saturated carbocycles. The Morgan fingerprint density at radius 1 is 1.50 bits per heavy atom. The minimum Gasteiger partial charge on any atom is -0.357 e. The summed E-state index contributed by atoms with van der Waals surface area (Å²) in [5.74, 6) is -0.0927. The number of carbonyl (C=O) groups is 1. The van der Waals surface area contributed by atoms with Crippen LogP contribution in [0.4, 0.5) is 16.5 Å². The van der Waals surface area contributed by atoms with Crippen molar-refractivity contribution in [1.82, 2.24) is 10.2 Å². The highest BCUT2D eigenvalue weighted by atomic mass is 79.9. The van der Waals surface area contributed by atoms with Crippen molar-refractivity contribution in [3.8, 4) is 0 Å². The zero-order chi connectivity index (χ0) is 17.5. The number of benzene rings is 1. The molecule has 2 aromatic rings. The number of aromatic nitrogens is 2. The van der Waals surface area contributed by atoms with Crippen LogP contribution < -0.4 is 10.6 Å². The van der Waals surface area contributed by atoms with Gasteiger partial charge in [0.2, 0.25) is 11.0 Å². The number of non-ortho nitro benzene ring substituents is 1. The maximum absolute atomic E-state index is 12.0. The number of nitrogens with zero attached hydrogens (tertiary/aromatic N) is 3. The molecule has 1 aromatic heterocycles. The van der Waals surface area contributed by atoms with Crippen LogP contribution in [-0.4, -0.2) is 33.3 Å². The molecule has 2 N–H and O–H groups in total. The third kappa shape index (κ3) is 5.28. The first kappa shape index (κ1) is 18.4. The van der Waals surface area contributed by atoms with Crippen molar-refractivity contribution in [2.24, 2.45) is 0 Å². The molecule has 11 heteroatoms. The summed E-state index contributed by atoms with van der Waals surface area (Å²) in [7, 11) is 0. The van der Waals surface area contributed by atoms with Gasteiger partial charge in [0, 0.05) is 23.2 Å². The number of carbonyl (C=O) groups excluding carboxylic acids is 1. The van der Waals surface area contributed by atoms with Crippen molar-refractivity contribution >= 4 is 61.4 Å². The molecular formula is C13H12BrN5O3S2. The number of hydrogen-bond donors (Lipinski definition) is 2. The van der Waals surface area contributed by atoms with E-state index in [1.54, 1.807) is 6.08 Å². The largest absolute Gasteiger partial charge is 0.357 e. The summed E-state index contributed by atoms with van der Waals surface area (Å²) in [5, 5.41) is 25.0. The Balaban J connectivity index is 1.88. The van der Waals surface area contributed by atoms with E-state index in [-0.39, 0.29) is 17.3 Å². The first-order valence-corrected chi connectivity index (χ1v) is 9.14. The zero-order valence-corrected chi connectivity index (χ0v) is 15.4. The third-order valence-electron chi connectivity index (χ3n) is 2.57. The molecule has 0 saturated heterocycles. The van der Waals surface area contributed by atoms with Crippen molar-refractivity contribution in [3.05, 3.63) is 45.4 Å². The van der Waals surface area contributed by atoms with Gasteiger partial charge in [-0.25, -0.2) is 0 Å². The molecule has 8 nitrogen and oxygen atoms in total. The SMILES string of the molecule is C=CCNc1nnc(SCC(=O)Nc2ccc([N+](=O)[O-])cc2Br)s1. The molecule has 0 bridgehead atoms. The maximum atomic E-state index is 12.0. The predicted octanol–water partition coefficient (Wildman–Crippen LogP) is 3.54. The van der Waals surface area contributed by atoms with E-state index in [2.05, 4.69) is 43.3 Å². The topological polar surface area (TPSA) is 110 Å². The molecule has 0 spiro atoms. The van der Waals surface area contributed by atoms with E-state index in [4.69, 9.17) is 0 Å². The normalized spacial score (nSPS) is 10.2. The summed E-state index contributed by atoms with van der Waals surface area (Å²) in [4.78, 5) is 22.2. The Labute approximate surface area is 154 Å². The minimum absolute atomic E-state index is 0.0531. The maximum Gasteiger partial charge on any atom is 0.270 e. The van der Waals surface area contributed by atoms with Crippen LogP contribution >= 0.6 is 39.0 Å². The van der Waals surface area contributed by atoms with Gasteiger partial charge < -0.3 is 10.6 Å². The fourth-order valence-electron chi connectivity index (χ4n) is 1.53. The number of nitrogens with one attached hydrogen (secondary N) is 2. The number of rotatable bonds is 8. The third-order valence-corrected chi connectivity index (χ3v) is 5.24. The van der Waals surface area contributed by atoms with Crippen molar-refractivity contribution in [2.75, 3.05) is 22.9 Å². The molecule has 126 valence electrons. The predicted molar refractivity (Wildman–Crippen MR) is 98.7 cm³/mol. The van der Waals surface area contributed by atoms with Crippen LogP contribution in [0.3, 0.4) is 0 Å². The molecule has 0 radical (unpaired) electrons. The molecule has 0 atom stereocenters. The van der Waals surface area contributed by atoms with E-state index in [1.165, 1.54) is 41.3 Å². The molecule has 1 heterocycles. The molecule has 0 aliphatic heterocycles. The lowest BCUT2D eigenvalue weighted by Gasteiger charge is -2.06. The van der Waals surface area contributed by atoms with Crippen LogP contribution in [0.15, 0.2) is 39.7 Å². The average molecular weight is 430 g/mol. The van der Waals surface area contributed by atoms with E-state index in [1.807, 2.05) is 0 Å². The van der Waals surface area contributed by atoms with Gasteiger partial charge in [-0.3, -0.25) is 14.9 Å². The van der Waals surface area contributed by atoms with E-state index >= 15 is 0 Å². The van der Waals surface area contributed by atoms with Crippen LogP contribution in [0, 0.1) is 10.1 Å². The van der Waals surface area contributed by atoms with Crippen molar-refractivity contribution < 1.29 is 9.72 Å². The van der Waals surface area contributed by atoms with E-state index in [9.17, 15) is 14.9 Å². The van der Waals surface area contributed by atoms with E-state index in [0.717, 1.165) is 0 Å². The Hall–Kier alpha value is -1.98. The van der Waals surface area contributed by atoms with Crippen LogP contribution in [0.25, 0.3) is 0 Å². The van der Waals surface area contributed by atoms with E-state index < -0.39 is 4.92 Å². The van der Waals surface area contributed by atoms with Gasteiger partial charge >= 0.3 is 0 Å². The second-order valence-corrected chi connectivity index (χ2v) is 7.36. The van der Waals surface area contributed by atoms with Crippen LogP contribution in [0.5, 0.6) is 0 Å². The zero-order valence-electron chi connectivity index (χ0n) is 12.2. The summed E-state index contributed by atoms with van der Waals surface area (Å²) in [6.45, 7) is 4.19. The number of amides is 1. The lowest BCUT2D eigenvalue weighted by molar-refractivity contribution is -0.384. The standard InChI is InChI=1S/C13H12BrN5O3S2/c1-2-5-15-12-17-18-13(24-12)23-7-11(20)16-10-4-3-8(19(21)22)6-9(10)14/h2-4,6H,1,5,7H2,(H,15,17)(H,16,20). The van der Waals surface area contributed by atoms with Gasteiger partial charge in [-0.15, -0.1) is 16.8 Å². The van der Waals surface area contributed by atoms with Gasteiger partial charge in [-0.1, -0.05) is 29.2 Å². The van der Waals surface area contributed by atoms with Crippen molar-refractivity contribution in [2.45, 2.75) is 4.34 Å². The van der Waals surface area contributed by atoms with Crippen molar-refractivity contribution in [3.63, 3.8) is 0 Å². The van der Waals surface area contributed by atoms with Crippen LogP contribution in [0.2, 0.25) is 0 Å². The van der Waals surface area contributed by atoms with Crippen molar-refractivity contribution in [1.29, 1.82) is 0 Å². The summed E-state index contributed by atoms with van der Waals surface area (Å²) >= 11 is 5.81. The fourth-order valence-corrected chi connectivity index (χ4v) is 3.56. The smallest absolute Gasteiger partial charge is 0.270 e. The average Bonchev–Trinajstić information content (AvgIpc) is 3.00.